The number of hydrogen-bond acceptors (Lipinski definition) is 3. The van der Waals surface area contributed by atoms with Crippen molar-refractivity contribution >= 4 is 5.91 Å². The van der Waals surface area contributed by atoms with E-state index in [1.54, 1.807) is 0 Å². The fraction of sp³-hybridized carbons (Fsp3) is 0.714. The molecule has 5 heteroatoms. The lowest BCUT2D eigenvalue weighted by atomic mass is 10.0. The zero-order valence-corrected chi connectivity index (χ0v) is 12.3. The molecule has 1 aromatic rings. The molecule has 1 rings (SSSR count). The largest absolute Gasteiger partial charge is 0.356 e. The van der Waals surface area contributed by atoms with Crippen LogP contribution in [0.1, 0.15) is 37.6 Å². The molecule has 0 aliphatic rings. The number of amides is 1. The lowest BCUT2D eigenvalue weighted by Gasteiger charge is -2.13. The molecule has 1 heterocycles. The fourth-order valence-corrected chi connectivity index (χ4v) is 2.19. The van der Waals surface area contributed by atoms with Gasteiger partial charge < -0.3 is 11.1 Å². The molecule has 0 radical (unpaired) electrons. The van der Waals surface area contributed by atoms with Crippen molar-refractivity contribution in [2.24, 2.45) is 11.7 Å². The van der Waals surface area contributed by atoms with E-state index in [-0.39, 0.29) is 11.8 Å². The van der Waals surface area contributed by atoms with Gasteiger partial charge in [0, 0.05) is 25.3 Å². The molecule has 0 aromatic carbocycles. The topological polar surface area (TPSA) is 72.9 Å². The third-order valence-corrected chi connectivity index (χ3v) is 3.24. The molecule has 5 nitrogen and oxygen atoms in total. The van der Waals surface area contributed by atoms with E-state index in [0.717, 1.165) is 37.2 Å². The quantitative estimate of drug-likeness (QED) is 0.698. The Morgan fingerprint density at radius 2 is 2.26 bits per heavy atom. The Labute approximate surface area is 115 Å². The second kappa shape index (κ2) is 7.94. The molecule has 0 aliphatic carbocycles. The highest BCUT2D eigenvalue weighted by Crippen LogP contribution is 2.05. The SMILES string of the molecule is CCCC(CN)C(=O)NCCCn1nc(C)cc1C. The summed E-state index contributed by atoms with van der Waals surface area (Å²) in [5, 5.41) is 7.35. The van der Waals surface area contributed by atoms with Crippen LogP contribution in [-0.2, 0) is 11.3 Å². The predicted octanol–water partition coefficient (Wildman–Crippen LogP) is 1.38. The smallest absolute Gasteiger partial charge is 0.224 e. The molecule has 3 N–H and O–H groups in total. The van der Waals surface area contributed by atoms with Crippen molar-refractivity contribution in [2.75, 3.05) is 13.1 Å². The maximum atomic E-state index is 11.8. The number of carbonyl (C=O) groups is 1. The van der Waals surface area contributed by atoms with E-state index in [4.69, 9.17) is 5.73 Å². The van der Waals surface area contributed by atoms with Gasteiger partial charge in [-0.15, -0.1) is 0 Å². The van der Waals surface area contributed by atoms with Crippen LogP contribution in [0.5, 0.6) is 0 Å². The van der Waals surface area contributed by atoms with Gasteiger partial charge in [0.15, 0.2) is 0 Å². The monoisotopic (exact) mass is 266 g/mol. The lowest BCUT2D eigenvalue weighted by molar-refractivity contribution is -0.124. The van der Waals surface area contributed by atoms with Gasteiger partial charge >= 0.3 is 0 Å². The summed E-state index contributed by atoms with van der Waals surface area (Å²) in [6.07, 6.45) is 2.73. The standard InChI is InChI=1S/C14H26N4O/c1-4-6-13(10-15)14(19)16-7-5-8-18-12(3)9-11(2)17-18/h9,13H,4-8,10,15H2,1-3H3,(H,16,19). The van der Waals surface area contributed by atoms with Gasteiger partial charge in [-0.25, -0.2) is 0 Å². The minimum atomic E-state index is -0.0429. The second-order valence-electron chi connectivity index (χ2n) is 5.02. The van der Waals surface area contributed by atoms with Crippen LogP contribution in [-0.4, -0.2) is 28.8 Å². The minimum absolute atomic E-state index is 0.0429. The van der Waals surface area contributed by atoms with Crippen LogP contribution >= 0.6 is 0 Å². The first-order chi connectivity index (χ1) is 9.08. The Morgan fingerprint density at radius 1 is 1.53 bits per heavy atom. The van der Waals surface area contributed by atoms with Crippen LogP contribution in [0.15, 0.2) is 6.07 Å². The van der Waals surface area contributed by atoms with Crippen molar-refractivity contribution in [3.63, 3.8) is 0 Å². The number of carbonyl (C=O) groups excluding carboxylic acids is 1. The molecular formula is C14H26N4O. The number of nitrogens with one attached hydrogen (secondary N) is 1. The third kappa shape index (κ3) is 5.03. The third-order valence-electron chi connectivity index (χ3n) is 3.24. The fourth-order valence-electron chi connectivity index (χ4n) is 2.19. The highest BCUT2D eigenvalue weighted by Gasteiger charge is 2.14. The van der Waals surface area contributed by atoms with E-state index in [1.165, 1.54) is 0 Å². The number of nitrogens with two attached hydrogens (primary N) is 1. The van der Waals surface area contributed by atoms with Gasteiger partial charge in [-0.2, -0.15) is 5.10 Å². The zero-order chi connectivity index (χ0) is 14.3. The first kappa shape index (κ1) is 15.7. The molecule has 1 atom stereocenters. The summed E-state index contributed by atoms with van der Waals surface area (Å²) in [7, 11) is 0. The van der Waals surface area contributed by atoms with E-state index in [1.807, 2.05) is 18.5 Å². The highest BCUT2D eigenvalue weighted by atomic mass is 16.1. The summed E-state index contributed by atoms with van der Waals surface area (Å²) < 4.78 is 1.98. The lowest BCUT2D eigenvalue weighted by Crippen LogP contribution is -2.35. The van der Waals surface area contributed by atoms with Crippen molar-refractivity contribution in [3.05, 3.63) is 17.5 Å². The molecule has 1 aromatic heterocycles. The van der Waals surface area contributed by atoms with Crippen LogP contribution in [0.25, 0.3) is 0 Å². The number of aryl methyl sites for hydroxylation is 3. The maximum absolute atomic E-state index is 11.8. The van der Waals surface area contributed by atoms with Crippen molar-refractivity contribution < 1.29 is 4.79 Å². The molecule has 1 amide bonds. The summed E-state index contributed by atoms with van der Waals surface area (Å²) in [5.74, 6) is 0.0383. The van der Waals surface area contributed by atoms with Gasteiger partial charge in [0.25, 0.3) is 0 Å². The Balaban J connectivity index is 2.27. The summed E-state index contributed by atoms with van der Waals surface area (Å²) in [5.41, 5.74) is 7.80. The van der Waals surface area contributed by atoms with E-state index in [9.17, 15) is 4.79 Å². The van der Waals surface area contributed by atoms with E-state index in [2.05, 4.69) is 23.4 Å². The summed E-state index contributed by atoms with van der Waals surface area (Å²) in [6, 6.07) is 2.06. The minimum Gasteiger partial charge on any atom is -0.356 e. The molecule has 0 aliphatic heterocycles. The Hall–Kier alpha value is -1.36. The van der Waals surface area contributed by atoms with E-state index < -0.39 is 0 Å². The molecule has 0 saturated heterocycles. The van der Waals surface area contributed by atoms with Crippen molar-refractivity contribution in [2.45, 2.75) is 46.6 Å². The van der Waals surface area contributed by atoms with Crippen molar-refractivity contribution in [1.82, 2.24) is 15.1 Å². The van der Waals surface area contributed by atoms with Gasteiger partial charge in [0.05, 0.1) is 11.6 Å². The second-order valence-corrected chi connectivity index (χ2v) is 5.02. The van der Waals surface area contributed by atoms with Crippen LogP contribution in [0.4, 0.5) is 0 Å². The highest BCUT2D eigenvalue weighted by molar-refractivity contribution is 5.78. The molecule has 0 bridgehead atoms. The summed E-state index contributed by atoms with van der Waals surface area (Å²) in [6.45, 7) is 8.04. The van der Waals surface area contributed by atoms with Gasteiger partial charge in [0.2, 0.25) is 5.91 Å². The normalized spacial score (nSPS) is 12.4. The van der Waals surface area contributed by atoms with Gasteiger partial charge in [-0.05, 0) is 32.8 Å². The Kier molecular flexibility index (Phi) is 6.56. The molecular weight excluding hydrogens is 240 g/mol. The molecule has 0 fully saturated rings. The van der Waals surface area contributed by atoms with Crippen molar-refractivity contribution in [1.29, 1.82) is 0 Å². The average Bonchev–Trinajstić information content (AvgIpc) is 2.70. The Morgan fingerprint density at radius 3 is 2.79 bits per heavy atom. The van der Waals surface area contributed by atoms with E-state index in [0.29, 0.717) is 13.1 Å². The van der Waals surface area contributed by atoms with Crippen LogP contribution in [0.3, 0.4) is 0 Å². The summed E-state index contributed by atoms with van der Waals surface area (Å²) >= 11 is 0. The van der Waals surface area contributed by atoms with E-state index >= 15 is 0 Å². The van der Waals surface area contributed by atoms with Crippen molar-refractivity contribution in [3.8, 4) is 0 Å². The number of aromatic nitrogens is 2. The van der Waals surface area contributed by atoms with Crippen LogP contribution < -0.4 is 11.1 Å². The molecule has 0 spiro atoms. The van der Waals surface area contributed by atoms with Gasteiger partial charge in [0.1, 0.15) is 0 Å². The first-order valence-electron chi connectivity index (χ1n) is 7.07. The van der Waals surface area contributed by atoms with Gasteiger partial charge in [-0.3, -0.25) is 9.48 Å². The molecule has 0 saturated carbocycles. The van der Waals surface area contributed by atoms with Crippen LogP contribution in [0.2, 0.25) is 0 Å². The zero-order valence-electron chi connectivity index (χ0n) is 12.3. The number of rotatable bonds is 8. The molecule has 1 unspecified atom stereocenters. The molecule has 108 valence electrons. The Bertz CT molecular complexity index is 400. The summed E-state index contributed by atoms with van der Waals surface area (Å²) in [4.78, 5) is 11.8. The average molecular weight is 266 g/mol. The number of hydrogen-bond donors (Lipinski definition) is 2. The maximum Gasteiger partial charge on any atom is 0.224 e. The predicted molar refractivity (Wildman–Crippen MR) is 76.8 cm³/mol. The van der Waals surface area contributed by atoms with Gasteiger partial charge in [-0.1, -0.05) is 13.3 Å². The molecule has 19 heavy (non-hydrogen) atoms. The van der Waals surface area contributed by atoms with Crippen LogP contribution in [0, 0.1) is 19.8 Å². The first-order valence-corrected chi connectivity index (χ1v) is 7.07. The number of nitrogens with zero attached hydrogens (tertiary/aromatic N) is 2.